The van der Waals surface area contributed by atoms with E-state index in [1.165, 1.54) is 0 Å². The number of ether oxygens (including phenoxy) is 2. The number of terminal acetylenes is 1. The average molecular weight is 622 g/mol. The molecule has 0 aromatic carbocycles. The standard InChI is InChI=1S/C34H11O8P.2Na/c1-3-5-7-9-11-13-15-17-19-21-23-25-27-29-34(36)42-32(31-41-43(37,38)39)30-40-33(35)28-26-24-22-20-18-16-14-12-10-8-6-4-2;;/h2,32H,30-31H2,1H3,(H2,37,38,39);;/q;2*+1/p-2/t32-;;/m0../s1. The summed E-state index contributed by atoms with van der Waals surface area (Å²) in [6, 6.07) is 0. The quantitative estimate of drug-likeness (QED) is 0.0942. The molecule has 0 aliphatic rings. The summed E-state index contributed by atoms with van der Waals surface area (Å²) in [5.41, 5.74) is 0. The van der Waals surface area contributed by atoms with Crippen LogP contribution in [-0.4, -0.2) is 31.3 Å². The molecule has 45 heavy (non-hydrogen) atoms. The van der Waals surface area contributed by atoms with Gasteiger partial charge in [0.1, 0.15) is 6.61 Å². The molecule has 1 atom stereocenters. The zero-order valence-electron chi connectivity index (χ0n) is 23.8. The Bertz CT molecular complexity index is 2050. The second-order valence-electron chi connectivity index (χ2n) is 5.89. The first kappa shape index (κ1) is 44.3. The molecule has 8 nitrogen and oxygen atoms in total. The van der Waals surface area contributed by atoms with Crippen molar-refractivity contribution in [2.75, 3.05) is 13.2 Å². The van der Waals surface area contributed by atoms with Gasteiger partial charge >= 0.3 is 71.1 Å². The Labute approximate surface area is 306 Å². The molecule has 0 amide bonds. The van der Waals surface area contributed by atoms with Crippen LogP contribution in [0.5, 0.6) is 0 Å². The molecular weight excluding hydrogens is 613 g/mol. The number of hydrogen-bond acceptors (Lipinski definition) is 8. The molecule has 0 rings (SSSR count). The van der Waals surface area contributed by atoms with Crippen molar-refractivity contribution in [1.29, 1.82) is 0 Å². The van der Waals surface area contributed by atoms with Crippen molar-refractivity contribution in [3.8, 4) is 166 Å². The van der Waals surface area contributed by atoms with E-state index in [0.717, 1.165) is 0 Å². The third-order valence-electron chi connectivity index (χ3n) is 2.93. The molecule has 0 fully saturated rings. The van der Waals surface area contributed by atoms with Gasteiger partial charge in [-0.15, -0.1) is 6.42 Å². The second kappa shape index (κ2) is 31.8. The van der Waals surface area contributed by atoms with Gasteiger partial charge in [0.25, 0.3) is 0 Å². The number of hydrogen-bond donors (Lipinski definition) is 0. The van der Waals surface area contributed by atoms with E-state index >= 15 is 0 Å². The maximum absolute atomic E-state index is 11.9. The SMILES string of the molecule is C#CC#CC#CC#CC#CC#CC#CC(=O)OC[C@@H](COP(=O)([O-])[O-])OC(=O)C#CC#CC#CC#CC#CC#CC#CC.[Na+].[Na+]. The molecule has 0 radical (unpaired) electrons. The number of phosphoric acid groups is 1. The van der Waals surface area contributed by atoms with Crippen molar-refractivity contribution < 1.29 is 97.1 Å². The van der Waals surface area contributed by atoms with Gasteiger partial charge in [0.2, 0.25) is 0 Å². The van der Waals surface area contributed by atoms with Gasteiger partial charge in [-0.3, -0.25) is 0 Å². The Kier molecular flexibility index (Phi) is 31.3. The van der Waals surface area contributed by atoms with Gasteiger partial charge < -0.3 is 28.3 Å². The number of rotatable bonds is 6. The van der Waals surface area contributed by atoms with Crippen LogP contribution in [0.3, 0.4) is 0 Å². The van der Waals surface area contributed by atoms with E-state index in [-0.39, 0.29) is 59.1 Å². The molecule has 0 heterocycles. The Hall–Kier alpha value is -5.11. The monoisotopic (exact) mass is 622 g/mol. The van der Waals surface area contributed by atoms with Crippen LogP contribution >= 0.6 is 7.82 Å². The first-order valence-corrected chi connectivity index (χ1v) is 12.2. The fourth-order valence-corrected chi connectivity index (χ4v) is 1.88. The third kappa shape index (κ3) is 35.0. The largest absolute Gasteiger partial charge is 1.00 e. The van der Waals surface area contributed by atoms with Crippen molar-refractivity contribution in [2.24, 2.45) is 0 Å². The van der Waals surface area contributed by atoms with Crippen LogP contribution in [0.15, 0.2) is 0 Å². The summed E-state index contributed by atoms with van der Waals surface area (Å²) in [4.78, 5) is 45.1. The van der Waals surface area contributed by atoms with Crippen LogP contribution in [0, 0.1) is 166 Å². The zero-order valence-corrected chi connectivity index (χ0v) is 28.7. The van der Waals surface area contributed by atoms with Gasteiger partial charge in [0.05, 0.1) is 14.4 Å². The molecule has 0 spiro atoms. The van der Waals surface area contributed by atoms with Gasteiger partial charge in [-0.1, -0.05) is 5.92 Å². The molecular formula is C34H9Na2O8P. The predicted octanol–water partition coefficient (Wildman–Crippen LogP) is -8.01. The molecule has 11 heteroatoms. The summed E-state index contributed by atoms with van der Waals surface area (Å²) in [6.45, 7) is -0.0441. The van der Waals surface area contributed by atoms with Crippen molar-refractivity contribution in [1.82, 2.24) is 0 Å². The van der Waals surface area contributed by atoms with Crippen molar-refractivity contribution >= 4 is 19.8 Å². The summed E-state index contributed by atoms with van der Waals surface area (Å²) < 4.78 is 24.4. The van der Waals surface area contributed by atoms with Crippen molar-refractivity contribution in [3.05, 3.63) is 0 Å². The molecule has 0 aliphatic carbocycles. The van der Waals surface area contributed by atoms with Crippen LogP contribution in [0.1, 0.15) is 6.92 Å². The molecule has 200 valence electrons. The molecule has 0 saturated carbocycles. The maximum atomic E-state index is 11.9. The van der Waals surface area contributed by atoms with Crippen LogP contribution < -0.4 is 68.9 Å². The van der Waals surface area contributed by atoms with Crippen LogP contribution in [0.2, 0.25) is 0 Å². The molecule has 0 aromatic rings. The van der Waals surface area contributed by atoms with Gasteiger partial charge in [-0.2, -0.15) is 0 Å². The van der Waals surface area contributed by atoms with E-state index in [0.29, 0.717) is 0 Å². The van der Waals surface area contributed by atoms with Gasteiger partial charge in [-0.05, 0) is 149 Å². The Morgan fingerprint density at radius 1 is 0.600 bits per heavy atom. The Morgan fingerprint density at radius 3 is 1.33 bits per heavy atom. The first-order chi connectivity index (χ1) is 20.8. The smallest absolute Gasteiger partial charge is 0.790 e. The van der Waals surface area contributed by atoms with E-state index in [2.05, 4.69) is 153 Å². The normalized spacial score (nSPS) is 6.98. The maximum Gasteiger partial charge on any atom is 1.00 e. The fraction of sp³-hybridized carbons (Fsp3) is 0.118. The molecule has 0 bridgehead atoms. The minimum Gasteiger partial charge on any atom is -0.790 e. The molecule has 0 saturated heterocycles. The third-order valence-corrected chi connectivity index (χ3v) is 3.40. The number of esters is 2. The minimum absolute atomic E-state index is 0. The topological polar surface area (TPSA) is 125 Å². The minimum atomic E-state index is -5.43. The van der Waals surface area contributed by atoms with Crippen molar-refractivity contribution in [3.63, 3.8) is 0 Å². The number of carbonyl (C=O) groups is 2. The van der Waals surface area contributed by atoms with E-state index in [4.69, 9.17) is 15.9 Å². The Balaban J connectivity index is -0.00000882. The molecule has 0 unspecified atom stereocenters. The van der Waals surface area contributed by atoms with Gasteiger partial charge in [0.15, 0.2) is 6.10 Å². The predicted molar refractivity (Wildman–Crippen MR) is 150 cm³/mol. The van der Waals surface area contributed by atoms with Gasteiger partial charge in [0, 0.05) is 11.8 Å². The summed E-state index contributed by atoms with van der Waals surface area (Å²) in [5.74, 6) is 60.1. The van der Waals surface area contributed by atoms with E-state index in [1.54, 1.807) is 6.92 Å². The van der Waals surface area contributed by atoms with Crippen LogP contribution in [0.25, 0.3) is 0 Å². The summed E-state index contributed by atoms with van der Waals surface area (Å²) in [7, 11) is -5.43. The number of carbonyl (C=O) groups excluding carboxylic acids is 2. The molecule has 0 N–H and O–H groups in total. The second-order valence-corrected chi connectivity index (χ2v) is 7.04. The summed E-state index contributed by atoms with van der Waals surface area (Å²) >= 11 is 0. The Morgan fingerprint density at radius 2 is 0.956 bits per heavy atom. The van der Waals surface area contributed by atoms with Crippen molar-refractivity contribution in [2.45, 2.75) is 13.0 Å². The van der Waals surface area contributed by atoms with Crippen LogP contribution in [-0.2, 0) is 28.2 Å². The average Bonchev–Trinajstić information content (AvgIpc) is 2.97. The van der Waals surface area contributed by atoms with E-state index in [9.17, 15) is 23.9 Å². The molecule has 0 aliphatic heterocycles. The first-order valence-electron chi connectivity index (χ1n) is 10.7. The fourth-order valence-electron chi connectivity index (χ4n) is 1.53. The van der Waals surface area contributed by atoms with Gasteiger partial charge in [-0.25, -0.2) is 9.59 Å². The summed E-state index contributed by atoms with van der Waals surface area (Å²) in [5, 5.41) is 0. The zero-order chi connectivity index (χ0) is 31.9. The summed E-state index contributed by atoms with van der Waals surface area (Å²) in [6.07, 6.45) is 3.38. The van der Waals surface area contributed by atoms with E-state index in [1.807, 2.05) is 11.8 Å². The molecule has 0 aromatic heterocycles. The van der Waals surface area contributed by atoms with E-state index < -0.39 is 39.1 Å². The van der Waals surface area contributed by atoms with Crippen LogP contribution in [0.4, 0.5) is 0 Å². The number of phosphoric ester groups is 1.